The van der Waals surface area contributed by atoms with Gasteiger partial charge in [0.15, 0.2) is 0 Å². The number of anilines is 1. The van der Waals surface area contributed by atoms with Gasteiger partial charge in [-0.2, -0.15) is 0 Å². The number of aromatic carboxylic acids is 1. The van der Waals surface area contributed by atoms with Crippen molar-refractivity contribution in [2.75, 3.05) is 25.0 Å². The molecular weight excluding hydrogens is 274 g/mol. The molecule has 0 bridgehead atoms. The largest absolute Gasteiger partial charge is 0.478 e. The highest BCUT2D eigenvalue weighted by atomic mass is 16.4. The highest BCUT2D eigenvalue weighted by molar-refractivity contribution is 6.00. The molecule has 1 aromatic carbocycles. The zero-order chi connectivity index (χ0) is 15.8. The number of rotatable bonds is 6. The van der Waals surface area contributed by atoms with E-state index in [2.05, 4.69) is 10.6 Å². The van der Waals surface area contributed by atoms with E-state index in [1.165, 1.54) is 17.0 Å². The second kappa shape index (κ2) is 7.88. The highest BCUT2D eigenvalue weighted by Gasteiger charge is 2.17. The molecule has 0 saturated heterocycles. The lowest BCUT2D eigenvalue weighted by Gasteiger charge is -2.21. The summed E-state index contributed by atoms with van der Waals surface area (Å²) in [6.45, 7) is 4.27. The fourth-order valence-electron chi connectivity index (χ4n) is 1.73. The van der Waals surface area contributed by atoms with Gasteiger partial charge in [0.2, 0.25) is 5.91 Å². The number of amides is 3. The molecule has 114 valence electrons. The van der Waals surface area contributed by atoms with Crippen molar-refractivity contribution in [2.24, 2.45) is 0 Å². The molecule has 1 aromatic rings. The lowest BCUT2D eigenvalue weighted by atomic mass is 10.2. The van der Waals surface area contributed by atoms with E-state index in [0.717, 1.165) is 0 Å². The number of carbonyl (C=O) groups excluding carboxylic acids is 2. The Balaban J connectivity index is 2.79. The van der Waals surface area contributed by atoms with Crippen LogP contribution in [-0.2, 0) is 4.79 Å². The lowest BCUT2D eigenvalue weighted by molar-refractivity contribution is -0.121. The predicted octanol–water partition coefficient (Wildman–Crippen LogP) is 1.37. The molecule has 21 heavy (non-hydrogen) atoms. The first kappa shape index (κ1) is 16.5. The van der Waals surface area contributed by atoms with Crippen molar-refractivity contribution in [3.05, 3.63) is 29.8 Å². The molecule has 0 radical (unpaired) electrons. The molecule has 0 aliphatic rings. The van der Waals surface area contributed by atoms with Gasteiger partial charge in [0.05, 0.1) is 11.3 Å². The topological polar surface area (TPSA) is 98.7 Å². The number of carbonyl (C=O) groups is 3. The zero-order valence-corrected chi connectivity index (χ0v) is 12.0. The minimum atomic E-state index is -1.13. The number of hydrogen-bond donors (Lipinski definition) is 3. The third-order valence-electron chi connectivity index (χ3n) is 2.78. The number of carboxylic acids is 1. The molecular formula is C14H19N3O4. The van der Waals surface area contributed by atoms with Gasteiger partial charge in [0.1, 0.15) is 6.54 Å². The Morgan fingerprint density at radius 3 is 2.43 bits per heavy atom. The molecule has 7 nitrogen and oxygen atoms in total. The fraction of sp³-hybridized carbons (Fsp3) is 0.357. The Morgan fingerprint density at radius 2 is 1.86 bits per heavy atom. The molecule has 0 unspecified atom stereocenters. The maximum atomic E-state index is 12.1. The molecule has 0 aliphatic heterocycles. The number of nitrogens with zero attached hydrogens (tertiary/aromatic N) is 1. The van der Waals surface area contributed by atoms with Gasteiger partial charge in [-0.25, -0.2) is 9.59 Å². The highest BCUT2D eigenvalue weighted by Crippen LogP contribution is 2.15. The van der Waals surface area contributed by atoms with Crippen molar-refractivity contribution in [2.45, 2.75) is 13.8 Å². The predicted molar refractivity (Wildman–Crippen MR) is 78.4 cm³/mol. The van der Waals surface area contributed by atoms with Crippen LogP contribution in [0, 0.1) is 0 Å². The molecule has 0 spiro atoms. The molecule has 1 rings (SSSR count). The van der Waals surface area contributed by atoms with Crippen molar-refractivity contribution in [1.29, 1.82) is 0 Å². The summed E-state index contributed by atoms with van der Waals surface area (Å²) in [5.74, 6) is -1.39. The summed E-state index contributed by atoms with van der Waals surface area (Å²) in [6, 6.07) is 5.59. The van der Waals surface area contributed by atoms with Gasteiger partial charge in [0, 0.05) is 13.1 Å². The summed E-state index contributed by atoms with van der Waals surface area (Å²) < 4.78 is 0. The van der Waals surface area contributed by atoms with Crippen molar-refractivity contribution >= 4 is 23.6 Å². The monoisotopic (exact) mass is 293 g/mol. The number of hydrogen-bond acceptors (Lipinski definition) is 3. The van der Waals surface area contributed by atoms with E-state index >= 15 is 0 Å². The Kier molecular flexibility index (Phi) is 6.19. The summed E-state index contributed by atoms with van der Waals surface area (Å²) in [7, 11) is 0. The number of para-hydroxylation sites is 1. The summed E-state index contributed by atoms with van der Waals surface area (Å²) in [5.41, 5.74) is 0.198. The van der Waals surface area contributed by atoms with Crippen LogP contribution in [0.3, 0.4) is 0 Å². The summed E-state index contributed by atoms with van der Waals surface area (Å²) in [5, 5.41) is 14.2. The number of nitrogens with one attached hydrogen (secondary N) is 2. The normalized spacial score (nSPS) is 9.81. The van der Waals surface area contributed by atoms with Gasteiger partial charge in [-0.3, -0.25) is 4.79 Å². The molecule has 0 atom stereocenters. The first-order chi connectivity index (χ1) is 9.99. The first-order valence-electron chi connectivity index (χ1n) is 6.64. The van der Waals surface area contributed by atoms with Crippen LogP contribution in [0.15, 0.2) is 24.3 Å². The molecule has 0 heterocycles. The van der Waals surface area contributed by atoms with Crippen LogP contribution >= 0.6 is 0 Å². The van der Waals surface area contributed by atoms with E-state index in [1.54, 1.807) is 26.0 Å². The van der Waals surface area contributed by atoms with Gasteiger partial charge in [-0.1, -0.05) is 12.1 Å². The molecule has 0 aliphatic carbocycles. The smallest absolute Gasteiger partial charge is 0.337 e. The number of urea groups is 1. The van der Waals surface area contributed by atoms with Gasteiger partial charge < -0.3 is 20.6 Å². The Labute approximate surface area is 122 Å². The van der Waals surface area contributed by atoms with Crippen molar-refractivity contribution in [3.63, 3.8) is 0 Å². The Hall–Kier alpha value is -2.57. The summed E-state index contributed by atoms with van der Waals surface area (Å²) in [4.78, 5) is 36.0. The van der Waals surface area contributed by atoms with Crippen LogP contribution in [0.2, 0.25) is 0 Å². The molecule has 3 amide bonds. The standard InChI is InChI=1S/C14H19N3O4/c1-3-15-12(18)9-17(4-2)14(21)16-11-8-6-5-7-10(11)13(19)20/h5-8H,3-4,9H2,1-2H3,(H,15,18)(H,16,21)(H,19,20). The Bertz CT molecular complexity index is 531. The summed E-state index contributed by atoms with van der Waals surface area (Å²) in [6.07, 6.45) is 0. The second-order valence-corrected chi connectivity index (χ2v) is 4.25. The van der Waals surface area contributed by atoms with Gasteiger partial charge in [-0.15, -0.1) is 0 Å². The molecule has 7 heteroatoms. The number of carboxylic acid groups (broad SMARTS) is 1. The number of likely N-dealkylation sites (N-methyl/N-ethyl adjacent to an activating group) is 2. The minimum absolute atomic E-state index is 0.0000808. The molecule has 0 fully saturated rings. The molecule has 0 aromatic heterocycles. The zero-order valence-electron chi connectivity index (χ0n) is 12.0. The average molecular weight is 293 g/mol. The van der Waals surface area contributed by atoms with E-state index in [1.807, 2.05) is 0 Å². The van der Waals surface area contributed by atoms with E-state index in [0.29, 0.717) is 13.1 Å². The van der Waals surface area contributed by atoms with E-state index < -0.39 is 12.0 Å². The Morgan fingerprint density at radius 1 is 1.19 bits per heavy atom. The third kappa shape index (κ3) is 4.79. The van der Waals surface area contributed by atoms with Crippen LogP contribution < -0.4 is 10.6 Å². The van der Waals surface area contributed by atoms with Crippen LogP contribution in [-0.4, -0.2) is 47.5 Å². The minimum Gasteiger partial charge on any atom is -0.478 e. The SMILES string of the molecule is CCNC(=O)CN(CC)C(=O)Nc1ccccc1C(=O)O. The first-order valence-corrected chi connectivity index (χ1v) is 6.64. The average Bonchev–Trinajstić information content (AvgIpc) is 2.45. The number of benzene rings is 1. The van der Waals surface area contributed by atoms with Crippen molar-refractivity contribution in [1.82, 2.24) is 10.2 Å². The van der Waals surface area contributed by atoms with Crippen molar-refractivity contribution < 1.29 is 19.5 Å². The van der Waals surface area contributed by atoms with Crippen LogP contribution in [0.25, 0.3) is 0 Å². The third-order valence-corrected chi connectivity index (χ3v) is 2.78. The van der Waals surface area contributed by atoms with Gasteiger partial charge in [0.25, 0.3) is 0 Å². The van der Waals surface area contributed by atoms with E-state index in [4.69, 9.17) is 5.11 Å². The fourth-order valence-corrected chi connectivity index (χ4v) is 1.73. The summed E-state index contributed by atoms with van der Waals surface area (Å²) >= 11 is 0. The van der Waals surface area contributed by atoms with Crippen molar-refractivity contribution in [3.8, 4) is 0 Å². The van der Waals surface area contributed by atoms with Gasteiger partial charge in [-0.05, 0) is 26.0 Å². The van der Waals surface area contributed by atoms with Crippen LogP contribution in [0.5, 0.6) is 0 Å². The van der Waals surface area contributed by atoms with E-state index in [9.17, 15) is 14.4 Å². The quantitative estimate of drug-likeness (QED) is 0.737. The van der Waals surface area contributed by atoms with Crippen LogP contribution in [0.4, 0.5) is 10.5 Å². The maximum Gasteiger partial charge on any atom is 0.337 e. The molecule has 3 N–H and O–H groups in total. The maximum absolute atomic E-state index is 12.1. The molecule has 0 saturated carbocycles. The lowest BCUT2D eigenvalue weighted by Crippen LogP contribution is -2.42. The van der Waals surface area contributed by atoms with Gasteiger partial charge >= 0.3 is 12.0 Å². The second-order valence-electron chi connectivity index (χ2n) is 4.25. The van der Waals surface area contributed by atoms with Crippen LogP contribution in [0.1, 0.15) is 24.2 Å². The van der Waals surface area contributed by atoms with E-state index in [-0.39, 0.29) is 23.7 Å².